The molecule has 1 rings (SSSR count). The lowest BCUT2D eigenvalue weighted by Crippen LogP contribution is -2.07. The third-order valence-electron chi connectivity index (χ3n) is 2.05. The van der Waals surface area contributed by atoms with Gasteiger partial charge >= 0.3 is 0 Å². The Bertz CT molecular complexity index is 286. The average Bonchev–Trinajstić information content (AvgIpc) is 2.18. The maximum Gasteiger partial charge on any atom is 0.131 e. The topological polar surface area (TPSA) is 49.8 Å². The van der Waals surface area contributed by atoms with Crippen LogP contribution in [0.5, 0.6) is 0 Å². The molecule has 0 aliphatic rings. The van der Waals surface area contributed by atoms with E-state index in [-0.39, 0.29) is 0 Å². The Morgan fingerprint density at radius 2 is 1.87 bits per heavy atom. The molecule has 0 aromatic carbocycles. The van der Waals surface area contributed by atoms with Crippen LogP contribution in [0.15, 0.2) is 12.4 Å². The van der Waals surface area contributed by atoms with Crippen LogP contribution in [0, 0.1) is 5.92 Å². The largest absolute Gasteiger partial charge is 0.370 e. The summed E-state index contributed by atoms with van der Waals surface area (Å²) in [6.45, 7) is 8.31. The first-order valence-electron chi connectivity index (χ1n) is 5.52. The molecule has 1 aromatic heterocycles. The van der Waals surface area contributed by atoms with Crippen LogP contribution in [0.3, 0.4) is 0 Å². The van der Waals surface area contributed by atoms with Gasteiger partial charge in [0, 0.05) is 19.2 Å². The minimum atomic E-state index is 0.715. The van der Waals surface area contributed by atoms with Crippen LogP contribution in [0.2, 0.25) is 0 Å². The van der Waals surface area contributed by atoms with E-state index in [0.717, 1.165) is 31.1 Å². The molecule has 0 spiro atoms. The van der Waals surface area contributed by atoms with E-state index >= 15 is 0 Å². The fourth-order valence-corrected chi connectivity index (χ4v) is 1.22. The molecule has 0 atom stereocenters. The second-order valence-electron chi connectivity index (χ2n) is 3.93. The van der Waals surface area contributed by atoms with Gasteiger partial charge in [-0.25, -0.2) is 9.97 Å². The van der Waals surface area contributed by atoms with Gasteiger partial charge in [0.2, 0.25) is 0 Å². The van der Waals surface area contributed by atoms with Crippen molar-refractivity contribution in [3.63, 3.8) is 0 Å². The Hall–Kier alpha value is -1.32. The monoisotopic (exact) mass is 208 g/mol. The zero-order chi connectivity index (χ0) is 11.1. The molecule has 4 nitrogen and oxygen atoms in total. The van der Waals surface area contributed by atoms with Crippen molar-refractivity contribution >= 4 is 11.6 Å². The van der Waals surface area contributed by atoms with Gasteiger partial charge in [-0.1, -0.05) is 13.8 Å². The minimum absolute atomic E-state index is 0.715. The minimum Gasteiger partial charge on any atom is -0.370 e. The predicted molar refractivity (Wildman–Crippen MR) is 64.1 cm³/mol. The van der Waals surface area contributed by atoms with Crippen molar-refractivity contribution in [2.75, 3.05) is 23.7 Å². The molecule has 15 heavy (non-hydrogen) atoms. The van der Waals surface area contributed by atoms with Crippen LogP contribution in [-0.2, 0) is 0 Å². The van der Waals surface area contributed by atoms with Crippen LogP contribution in [-0.4, -0.2) is 23.1 Å². The first-order chi connectivity index (χ1) is 7.22. The fraction of sp³-hybridized carbons (Fsp3) is 0.636. The number of nitrogens with zero attached hydrogens (tertiary/aromatic N) is 2. The standard InChI is InChI=1S/C11H20N4/c1-4-12-10-7-11(15-8-14-10)13-6-5-9(2)3/h7-9H,4-6H2,1-3H3,(H2,12,13,14,15). The Kier molecular flexibility index (Phi) is 4.87. The summed E-state index contributed by atoms with van der Waals surface area (Å²) in [6.07, 6.45) is 2.73. The summed E-state index contributed by atoms with van der Waals surface area (Å²) in [5, 5.41) is 6.44. The fourth-order valence-electron chi connectivity index (χ4n) is 1.22. The highest BCUT2D eigenvalue weighted by Gasteiger charge is 1.98. The molecule has 0 fully saturated rings. The van der Waals surface area contributed by atoms with E-state index in [9.17, 15) is 0 Å². The van der Waals surface area contributed by atoms with Crippen molar-refractivity contribution in [3.8, 4) is 0 Å². The van der Waals surface area contributed by atoms with E-state index < -0.39 is 0 Å². The molecule has 0 unspecified atom stereocenters. The molecule has 0 aliphatic heterocycles. The summed E-state index contributed by atoms with van der Waals surface area (Å²) in [4.78, 5) is 8.27. The zero-order valence-electron chi connectivity index (χ0n) is 9.75. The van der Waals surface area contributed by atoms with Crippen molar-refractivity contribution in [3.05, 3.63) is 12.4 Å². The van der Waals surface area contributed by atoms with Gasteiger partial charge in [0.05, 0.1) is 0 Å². The smallest absolute Gasteiger partial charge is 0.131 e. The van der Waals surface area contributed by atoms with Crippen molar-refractivity contribution in [2.45, 2.75) is 27.2 Å². The summed E-state index contributed by atoms with van der Waals surface area (Å²) >= 11 is 0. The summed E-state index contributed by atoms with van der Waals surface area (Å²) in [7, 11) is 0. The van der Waals surface area contributed by atoms with Crippen LogP contribution >= 0.6 is 0 Å². The van der Waals surface area contributed by atoms with Crippen molar-refractivity contribution in [1.29, 1.82) is 0 Å². The van der Waals surface area contributed by atoms with Gasteiger partial charge in [0.25, 0.3) is 0 Å². The van der Waals surface area contributed by atoms with Gasteiger partial charge in [0.1, 0.15) is 18.0 Å². The molecule has 0 bridgehead atoms. The number of rotatable bonds is 6. The van der Waals surface area contributed by atoms with Crippen LogP contribution in [0.1, 0.15) is 27.2 Å². The number of anilines is 2. The lowest BCUT2D eigenvalue weighted by Gasteiger charge is -2.08. The molecular formula is C11H20N4. The van der Waals surface area contributed by atoms with Crippen LogP contribution < -0.4 is 10.6 Å². The lowest BCUT2D eigenvalue weighted by atomic mass is 10.1. The first kappa shape index (κ1) is 11.8. The second kappa shape index (κ2) is 6.22. The predicted octanol–water partition coefficient (Wildman–Crippen LogP) is 2.37. The van der Waals surface area contributed by atoms with Gasteiger partial charge in [-0.15, -0.1) is 0 Å². The molecule has 1 heterocycles. The number of hydrogen-bond acceptors (Lipinski definition) is 4. The first-order valence-corrected chi connectivity index (χ1v) is 5.52. The quantitative estimate of drug-likeness (QED) is 0.753. The molecule has 1 aromatic rings. The average molecular weight is 208 g/mol. The summed E-state index contributed by atoms with van der Waals surface area (Å²) in [5.41, 5.74) is 0. The number of nitrogens with one attached hydrogen (secondary N) is 2. The molecule has 4 heteroatoms. The normalized spacial score (nSPS) is 10.4. The number of hydrogen-bond donors (Lipinski definition) is 2. The SMILES string of the molecule is CCNc1cc(NCCC(C)C)ncn1. The van der Waals surface area contributed by atoms with E-state index in [1.807, 2.05) is 13.0 Å². The van der Waals surface area contributed by atoms with Crippen molar-refractivity contribution < 1.29 is 0 Å². The third kappa shape index (κ3) is 4.63. The highest BCUT2D eigenvalue weighted by Crippen LogP contribution is 2.08. The highest BCUT2D eigenvalue weighted by atomic mass is 15.1. The maximum atomic E-state index is 4.16. The lowest BCUT2D eigenvalue weighted by molar-refractivity contribution is 0.606. The molecule has 0 amide bonds. The zero-order valence-corrected chi connectivity index (χ0v) is 9.75. The van der Waals surface area contributed by atoms with Crippen LogP contribution in [0.25, 0.3) is 0 Å². The van der Waals surface area contributed by atoms with E-state index in [1.165, 1.54) is 0 Å². The van der Waals surface area contributed by atoms with Gasteiger partial charge < -0.3 is 10.6 Å². The summed E-state index contributed by atoms with van der Waals surface area (Å²) < 4.78 is 0. The molecule has 0 saturated heterocycles. The molecule has 0 saturated carbocycles. The summed E-state index contributed by atoms with van der Waals surface area (Å²) in [6, 6.07) is 1.93. The molecule has 2 N–H and O–H groups in total. The van der Waals surface area contributed by atoms with E-state index in [0.29, 0.717) is 5.92 Å². The van der Waals surface area contributed by atoms with Gasteiger partial charge in [-0.05, 0) is 19.3 Å². The molecule has 84 valence electrons. The van der Waals surface area contributed by atoms with E-state index in [1.54, 1.807) is 6.33 Å². The summed E-state index contributed by atoms with van der Waals surface area (Å²) in [5.74, 6) is 2.48. The molecule has 0 radical (unpaired) electrons. The van der Waals surface area contributed by atoms with E-state index in [2.05, 4.69) is 34.4 Å². The van der Waals surface area contributed by atoms with Gasteiger partial charge in [-0.3, -0.25) is 0 Å². The van der Waals surface area contributed by atoms with Gasteiger partial charge in [-0.2, -0.15) is 0 Å². The Morgan fingerprint density at radius 1 is 1.20 bits per heavy atom. The Morgan fingerprint density at radius 3 is 2.47 bits per heavy atom. The van der Waals surface area contributed by atoms with E-state index in [4.69, 9.17) is 0 Å². The molecular weight excluding hydrogens is 188 g/mol. The van der Waals surface area contributed by atoms with Crippen molar-refractivity contribution in [1.82, 2.24) is 9.97 Å². The second-order valence-corrected chi connectivity index (χ2v) is 3.93. The third-order valence-corrected chi connectivity index (χ3v) is 2.05. The van der Waals surface area contributed by atoms with Crippen LogP contribution in [0.4, 0.5) is 11.6 Å². The molecule has 0 aliphatic carbocycles. The Balaban J connectivity index is 2.43. The number of aromatic nitrogens is 2. The Labute approximate surface area is 91.5 Å². The highest BCUT2D eigenvalue weighted by molar-refractivity contribution is 5.46. The van der Waals surface area contributed by atoms with Gasteiger partial charge in [0.15, 0.2) is 0 Å². The van der Waals surface area contributed by atoms with Crippen molar-refractivity contribution in [2.24, 2.45) is 5.92 Å². The maximum absolute atomic E-state index is 4.16.